The van der Waals surface area contributed by atoms with E-state index in [2.05, 4.69) is 4.90 Å². The van der Waals surface area contributed by atoms with Crippen molar-refractivity contribution in [2.45, 2.75) is 56.7 Å². The molecule has 0 aromatic heterocycles. The Bertz CT molecular complexity index is 1360. The number of nitrogens with zero attached hydrogens (tertiary/aromatic N) is 2. The zero-order valence-corrected chi connectivity index (χ0v) is 24.0. The molecule has 0 spiro atoms. The predicted molar refractivity (Wildman–Crippen MR) is 147 cm³/mol. The number of halogens is 1. The van der Waals surface area contributed by atoms with Crippen LogP contribution in [-0.2, 0) is 32.1 Å². The summed E-state index contributed by atoms with van der Waals surface area (Å²) in [5.74, 6) is -9.27. The monoisotopic (exact) mass is 585 g/mol. The average Bonchev–Trinajstić information content (AvgIpc) is 3.21. The van der Waals surface area contributed by atoms with E-state index in [1.807, 2.05) is 0 Å². The Morgan fingerprint density at radius 1 is 1.10 bits per heavy atom. The molecule has 2 saturated heterocycles. The molecule has 11 heteroatoms. The van der Waals surface area contributed by atoms with Gasteiger partial charge < -0.3 is 15.9 Å². The van der Waals surface area contributed by atoms with Crippen molar-refractivity contribution in [1.29, 1.82) is 0 Å². The third-order valence-corrected chi connectivity index (χ3v) is 10.9. The summed E-state index contributed by atoms with van der Waals surface area (Å²) in [6, 6.07) is 0.359. The first-order valence-electron chi connectivity index (χ1n) is 14.4. The van der Waals surface area contributed by atoms with Crippen LogP contribution in [0.25, 0.3) is 0 Å². The van der Waals surface area contributed by atoms with Crippen molar-refractivity contribution in [2.24, 2.45) is 41.2 Å². The molecule has 41 heavy (non-hydrogen) atoms. The number of hydrogen-bond donors (Lipinski definition) is 3. The maximum atomic E-state index is 13.9. The van der Waals surface area contributed by atoms with Crippen molar-refractivity contribution in [3.05, 3.63) is 27.8 Å². The molecule has 2 bridgehead atoms. The van der Waals surface area contributed by atoms with Crippen LogP contribution in [0.4, 0.5) is 0 Å². The third-order valence-electron chi connectivity index (χ3n) is 10.5. The number of amides is 1. The lowest BCUT2D eigenvalue weighted by molar-refractivity contribution is -0.181. The van der Waals surface area contributed by atoms with Gasteiger partial charge in [-0.15, -0.1) is 0 Å². The molecule has 6 atom stereocenters. The molecule has 220 valence electrons. The lowest BCUT2D eigenvalue weighted by atomic mass is 9.52. The van der Waals surface area contributed by atoms with E-state index in [0.29, 0.717) is 34.5 Å². The van der Waals surface area contributed by atoms with Gasteiger partial charge in [0, 0.05) is 30.6 Å². The second kappa shape index (κ2) is 9.97. The van der Waals surface area contributed by atoms with Gasteiger partial charge in [0.05, 0.1) is 17.5 Å². The maximum absolute atomic E-state index is 13.9. The summed E-state index contributed by atoms with van der Waals surface area (Å²) in [7, 11) is 3.12. The smallest absolute Gasteiger partial charge is 0.235 e. The largest absolute Gasteiger partial charge is 0.507 e. The van der Waals surface area contributed by atoms with Crippen LogP contribution in [0.1, 0.15) is 53.6 Å². The van der Waals surface area contributed by atoms with Crippen LogP contribution in [0.3, 0.4) is 0 Å². The number of carbonyl (C=O) groups is 5. The number of nitrogens with two attached hydrogens (primary N) is 1. The highest BCUT2D eigenvalue weighted by molar-refractivity contribution is 6.34. The molecule has 7 rings (SSSR count). The summed E-state index contributed by atoms with van der Waals surface area (Å²) in [5, 5.41) is 23.1. The molecule has 1 aromatic rings. The Balaban J connectivity index is 1.37. The van der Waals surface area contributed by atoms with E-state index in [4.69, 9.17) is 17.3 Å². The zero-order valence-electron chi connectivity index (χ0n) is 23.3. The summed E-state index contributed by atoms with van der Waals surface area (Å²) in [5.41, 5.74) is 3.73. The Morgan fingerprint density at radius 3 is 2.27 bits per heavy atom. The van der Waals surface area contributed by atoms with Crippen LogP contribution in [-0.4, -0.2) is 87.9 Å². The van der Waals surface area contributed by atoms with Crippen LogP contribution in [0, 0.1) is 35.5 Å². The standard InChI is InChI=1S/C30H36ClN3O7/c1-33(2)24-18-8-15-7-17-21(25(36)20(15)27(38)30(18,41)28(39)22(26(24)37)29(32)40)19(35)9-16(23(17)31)12-34-10-13-3-4-14(11-34)6-5-13/h9,13-15,18,20,22,24,35,41H,3-8,10-12H2,1-2H3,(H2,32,40)/t13?,14?,15-,18-,20?,22?,24-,30-/m0/s1. The highest BCUT2D eigenvalue weighted by atomic mass is 35.5. The van der Waals surface area contributed by atoms with Crippen molar-refractivity contribution in [1.82, 2.24) is 9.80 Å². The van der Waals surface area contributed by atoms with Gasteiger partial charge in [0.2, 0.25) is 5.91 Å². The molecular weight excluding hydrogens is 550 g/mol. The molecule has 0 radical (unpaired) electrons. The highest BCUT2D eigenvalue weighted by Crippen LogP contribution is 2.52. The first-order valence-corrected chi connectivity index (χ1v) is 14.8. The van der Waals surface area contributed by atoms with Gasteiger partial charge in [-0.2, -0.15) is 0 Å². The third kappa shape index (κ3) is 4.20. The van der Waals surface area contributed by atoms with Crippen molar-refractivity contribution >= 4 is 40.6 Å². The van der Waals surface area contributed by atoms with Crippen LogP contribution < -0.4 is 5.73 Å². The van der Waals surface area contributed by atoms with Gasteiger partial charge in [-0.1, -0.05) is 11.6 Å². The van der Waals surface area contributed by atoms with Crippen molar-refractivity contribution in [3.63, 3.8) is 0 Å². The van der Waals surface area contributed by atoms with Crippen LogP contribution in [0.5, 0.6) is 5.75 Å². The Kier molecular flexibility index (Phi) is 6.92. The predicted octanol–water partition coefficient (Wildman–Crippen LogP) is 1.14. The Labute approximate surface area is 243 Å². The molecule has 1 aromatic carbocycles. The van der Waals surface area contributed by atoms with E-state index < -0.39 is 64.4 Å². The van der Waals surface area contributed by atoms with Crippen LogP contribution in [0.2, 0.25) is 5.02 Å². The Hall–Kier alpha value is -2.66. The molecule has 4 N–H and O–H groups in total. The fourth-order valence-electron chi connectivity index (χ4n) is 8.59. The summed E-state index contributed by atoms with van der Waals surface area (Å²) >= 11 is 6.93. The number of fused-ring (bicyclic) bond motifs is 7. The normalized spacial score (nSPS) is 37.0. The quantitative estimate of drug-likeness (QED) is 0.441. The molecule has 5 fully saturated rings. The van der Waals surface area contributed by atoms with Gasteiger partial charge in [0.15, 0.2) is 34.7 Å². The number of Topliss-reactive ketones (excluding diaryl/α,β-unsaturated/α-hetero) is 4. The van der Waals surface area contributed by atoms with Gasteiger partial charge in [-0.3, -0.25) is 33.8 Å². The number of hydrogen-bond acceptors (Lipinski definition) is 9. The lowest BCUT2D eigenvalue weighted by Crippen LogP contribution is -2.74. The summed E-state index contributed by atoms with van der Waals surface area (Å²) < 4.78 is 0. The molecule has 10 nitrogen and oxygen atoms in total. The van der Waals surface area contributed by atoms with Crippen LogP contribution >= 0.6 is 11.6 Å². The summed E-state index contributed by atoms with van der Waals surface area (Å²) in [4.78, 5) is 70.3. The minimum atomic E-state index is -2.73. The number of aliphatic hydroxyl groups is 1. The molecular formula is C30H36ClN3O7. The Morgan fingerprint density at radius 2 is 1.71 bits per heavy atom. The number of rotatable bonds is 4. The number of carbonyl (C=O) groups excluding carboxylic acids is 5. The molecule has 3 saturated carbocycles. The maximum Gasteiger partial charge on any atom is 0.235 e. The molecule has 1 amide bonds. The van der Waals surface area contributed by atoms with Crippen molar-refractivity contribution in [3.8, 4) is 5.75 Å². The first-order chi connectivity index (χ1) is 19.3. The van der Waals surface area contributed by atoms with Crippen LogP contribution in [0.15, 0.2) is 6.07 Å². The number of phenolic OH excluding ortho intramolecular Hbond substituents is 1. The average molecular weight is 586 g/mol. The van der Waals surface area contributed by atoms with Crippen molar-refractivity contribution in [2.75, 3.05) is 27.2 Å². The number of aromatic hydroxyl groups is 1. The molecule has 2 unspecified atom stereocenters. The van der Waals surface area contributed by atoms with E-state index in [1.54, 1.807) is 14.1 Å². The number of ketones is 4. The summed E-state index contributed by atoms with van der Waals surface area (Å²) in [6.07, 6.45) is 5.06. The minimum absolute atomic E-state index is 0.000693. The van der Waals surface area contributed by atoms with Gasteiger partial charge in [-0.25, -0.2) is 0 Å². The second-order valence-electron chi connectivity index (χ2n) is 13.1. The van der Waals surface area contributed by atoms with Gasteiger partial charge in [0.1, 0.15) is 5.75 Å². The second-order valence-corrected chi connectivity index (χ2v) is 13.5. The van der Waals surface area contributed by atoms with E-state index in [1.165, 1.54) is 36.6 Å². The molecule has 2 aliphatic heterocycles. The molecule has 2 heterocycles. The lowest BCUT2D eigenvalue weighted by Gasteiger charge is -2.52. The topological polar surface area (TPSA) is 158 Å². The number of phenols is 1. The number of likely N-dealkylation sites (N-methyl/N-ethyl adjacent to an activating group) is 1. The fraction of sp³-hybridized carbons (Fsp3) is 0.633. The van der Waals surface area contributed by atoms with Gasteiger partial charge in [0.25, 0.3) is 0 Å². The van der Waals surface area contributed by atoms with Gasteiger partial charge in [-0.05, 0) is 87.6 Å². The van der Waals surface area contributed by atoms with Gasteiger partial charge >= 0.3 is 0 Å². The fourth-order valence-corrected chi connectivity index (χ4v) is 8.88. The highest BCUT2D eigenvalue weighted by Gasteiger charge is 2.69. The van der Waals surface area contributed by atoms with Crippen molar-refractivity contribution < 1.29 is 34.2 Å². The first kappa shape index (κ1) is 28.5. The van der Waals surface area contributed by atoms with E-state index in [-0.39, 0.29) is 24.2 Å². The van der Waals surface area contributed by atoms with E-state index in [0.717, 1.165) is 13.1 Å². The summed E-state index contributed by atoms with van der Waals surface area (Å²) in [6.45, 7) is 2.46. The van der Waals surface area contributed by atoms with E-state index >= 15 is 0 Å². The SMILES string of the molecule is CN(C)[C@@H]1C(=O)C(C(N)=O)C(=O)[C@@]2(O)C(=O)C3C(=O)c4c(O)cc(CN5CC6CCC(CC6)C5)c(Cl)c4C[C@H]3C[C@@H]12. The zero-order chi connectivity index (χ0) is 29.5. The number of primary amides is 1. The molecule has 6 aliphatic rings. The van der Waals surface area contributed by atoms with E-state index in [9.17, 15) is 34.2 Å². The molecule has 4 aliphatic carbocycles. The minimum Gasteiger partial charge on any atom is -0.507 e. The number of benzene rings is 1.